The van der Waals surface area contributed by atoms with Gasteiger partial charge in [0.25, 0.3) is 0 Å². The Labute approximate surface area is 73.1 Å². The van der Waals surface area contributed by atoms with Gasteiger partial charge in [-0.2, -0.15) is 0 Å². The van der Waals surface area contributed by atoms with E-state index in [4.69, 9.17) is 0 Å². The van der Waals surface area contributed by atoms with Gasteiger partial charge in [-0.05, 0) is 6.92 Å². The molecule has 1 heterocycles. The van der Waals surface area contributed by atoms with Crippen LogP contribution in [0.5, 0.6) is 0 Å². The first-order valence-electron chi connectivity index (χ1n) is 4.10. The summed E-state index contributed by atoms with van der Waals surface area (Å²) in [5.74, 6) is 0. The minimum absolute atomic E-state index is 0.898. The van der Waals surface area contributed by atoms with E-state index in [1.165, 1.54) is 5.57 Å². The average Bonchev–Trinajstić information content (AvgIpc) is 2.49. The van der Waals surface area contributed by atoms with Gasteiger partial charge in [0.15, 0.2) is 0 Å². The standard InChI is InChI=1S/C9H15N3/c1-9(2)7-10-3-5-12-6-4-11-8-12/h4,6,8,10H,1,3,5,7H2,2H3. The molecule has 0 atom stereocenters. The number of imidazole rings is 1. The van der Waals surface area contributed by atoms with Crippen molar-refractivity contribution in [2.45, 2.75) is 13.5 Å². The normalized spacial score (nSPS) is 10.1. The van der Waals surface area contributed by atoms with Crippen molar-refractivity contribution < 1.29 is 0 Å². The van der Waals surface area contributed by atoms with Crippen LogP contribution in [-0.2, 0) is 6.54 Å². The molecule has 3 heteroatoms. The van der Waals surface area contributed by atoms with Crippen LogP contribution in [0.25, 0.3) is 0 Å². The van der Waals surface area contributed by atoms with Crippen LogP contribution in [0.3, 0.4) is 0 Å². The molecule has 0 unspecified atom stereocenters. The van der Waals surface area contributed by atoms with Crippen molar-refractivity contribution in [1.82, 2.24) is 14.9 Å². The van der Waals surface area contributed by atoms with Gasteiger partial charge in [0, 0.05) is 32.0 Å². The summed E-state index contributed by atoms with van der Waals surface area (Å²) >= 11 is 0. The highest BCUT2D eigenvalue weighted by Crippen LogP contribution is 1.85. The van der Waals surface area contributed by atoms with E-state index < -0.39 is 0 Å². The average molecular weight is 165 g/mol. The number of aromatic nitrogens is 2. The van der Waals surface area contributed by atoms with Gasteiger partial charge in [-0.1, -0.05) is 12.2 Å². The zero-order chi connectivity index (χ0) is 8.81. The van der Waals surface area contributed by atoms with Crippen molar-refractivity contribution in [3.05, 3.63) is 30.9 Å². The summed E-state index contributed by atoms with van der Waals surface area (Å²) in [5.41, 5.74) is 1.17. The van der Waals surface area contributed by atoms with Gasteiger partial charge in [0.1, 0.15) is 0 Å². The van der Waals surface area contributed by atoms with Crippen LogP contribution >= 0.6 is 0 Å². The number of rotatable bonds is 5. The number of hydrogen-bond acceptors (Lipinski definition) is 2. The molecule has 0 saturated carbocycles. The number of hydrogen-bond donors (Lipinski definition) is 1. The summed E-state index contributed by atoms with van der Waals surface area (Å²) in [7, 11) is 0. The largest absolute Gasteiger partial charge is 0.336 e. The first-order valence-corrected chi connectivity index (χ1v) is 4.10. The van der Waals surface area contributed by atoms with E-state index in [0.717, 1.165) is 19.6 Å². The second-order valence-corrected chi connectivity index (χ2v) is 2.93. The van der Waals surface area contributed by atoms with Gasteiger partial charge in [0.05, 0.1) is 6.33 Å². The summed E-state index contributed by atoms with van der Waals surface area (Å²) in [6.45, 7) is 8.65. The zero-order valence-corrected chi connectivity index (χ0v) is 7.45. The smallest absolute Gasteiger partial charge is 0.0946 e. The van der Waals surface area contributed by atoms with Crippen LogP contribution < -0.4 is 5.32 Å². The van der Waals surface area contributed by atoms with Gasteiger partial charge in [-0.25, -0.2) is 4.98 Å². The molecule has 1 N–H and O–H groups in total. The van der Waals surface area contributed by atoms with E-state index in [1.807, 2.05) is 24.0 Å². The monoisotopic (exact) mass is 165 g/mol. The van der Waals surface area contributed by atoms with Crippen molar-refractivity contribution in [1.29, 1.82) is 0 Å². The minimum atomic E-state index is 0.898. The maximum absolute atomic E-state index is 3.95. The lowest BCUT2D eigenvalue weighted by Crippen LogP contribution is -2.20. The van der Waals surface area contributed by atoms with Gasteiger partial charge in [0.2, 0.25) is 0 Å². The molecule has 0 spiro atoms. The quantitative estimate of drug-likeness (QED) is 0.522. The fourth-order valence-corrected chi connectivity index (χ4v) is 0.929. The molecule has 0 saturated heterocycles. The summed E-state index contributed by atoms with van der Waals surface area (Å²) in [4.78, 5) is 3.95. The van der Waals surface area contributed by atoms with E-state index in [2.05, 4.69) is 16.9 Å². The summed E-state index contributed by atoms with van der Waals surface area (Å²) in [6.07, 6.45) is 5.57. The molecule has 0 aliphatic heterocycles. The van der Waals surface area contributed by atoms with E-state index in [-0.39, 0.29) is 0 Å². The Kier molecular flexibility index (Phi) is 3.54. The molecule has 0 aromatic carbocycles. The SMILES string of the molecule is C=C(C)CNCCn1ccnc1. The first-order chi connectivity index (χ1) is 5.79. The lowest BCUT2D eigenvalue weighted by atomic mass is 10.3. The Balaban J connectivity index is 2.07. The van der Waals surface area contributed by atoms with Crippen molar-refractivity contribution >= 4 is 0 Å². The van der Waals surface area contributed by atoms with Crippen LogP contribution in [0.1, 0.15) is 6.92 Å². The molecule has 66 valence electrons. The molecule has 0 aliphatic carbocycles. The predicted octanol–water partition coefficient (Wildman–Crippen LogP) is 1.05. The van der Waals surface area contributed by atoms with Crippen molar-refractivity contribution in [3.63, 3.8) is 0 Å². The van der Waals surface area contributed by atoms with Crippen LogP contribution in [0.2, 0.25) is 0 Å². The fourth-order valence-electron chi connectivity index (χ4n) is 0.929. The topological polar surface area (TPSA) is 29.9 Å². The van der Waals surface area contributed by atoms with E-state index >= 15 is 0 Å². The van der Waals surface area contributed by atoms with Crippen molar-refractivity contribution in [3.8, 4) is 0 Å². The van der Waals surface area contributed by atoms with E-state index in [9.17, 15) is 0 Å². The van der Waals surface area contributed by atoms with Gasteiger partial charge in [-0.15, -0.1) is 0 Å². The molecule has 1 rings (SSSR count). The molecule has 0 fully saturated rings. The summed E-state index contributed by atoms with van der Waals surface area (Å²) in [6, 6.07) is 0. The molecule has 0 aliphatic rings. The third kappa shape index (κ3) is 3.34. The van der Waals surface area contributed by atoms with Crippen LogP contribution in [0.15, 0.2) is 30.9 Å². The maximum Gasteiger partial charge on any atom is 0.0946 e. The second kappa shape index (κ2) is 4.72. The van der Waals surface area contributed by atoms with E-state index in [1.54, 1.807) is 6.20 Å². The molecule has 12 heavy (non-hydrogen) atoms. The third-order valence-electron chi connectivity index (χ3n) is 1.53. The Morgan fingerprint density at radius 2 is 2.50 bits per heavy atom. The van der Waals surface area contributed by atoms with Gasteiger partial charge < -0.3 is 9.88 Å². The van der Waals surface area contributed by atoms with Crippen molar-refractivity contribution in [2.75, 3.05) is 13.1 Å². The Morgan fingerprint density at radius 3 is 3.08 bits per heavy atom. The highest BCUT2D eigenvalue weighted by atomic mass is 15.0. The molecule has 0 radical (unpaired) electrons. The molecular formula is C9H15N3. The first kappa shape index (κ1) is 9.00. The van der Waals surface area contributed by atoms with Crippen molar-refractivity contribution in [2.24, 2.45) is 0 Å². The second-order valence-electron chi connectivity index (χ2n) is 2.93. The predicted molar refractivity (Wildman–Crippen MR) is 49.9 cm³/mol. The van der Waals surface area contributed by atoms with Crippen LogP contribution in [-0.4, -0.2) is 22.6 Å². The lowest BCUT2D eigenvalue weighted by molar-refractivity contribution is 0.619. The number of nitrogens with one attached hydrogen (secondary N) is 1. The van der Waals surface area contributed by atoms with Crippen LogP contribution in [0, 0.1) is 0 Å². The Morgan fingerprint density at radius 1 is 1.67 bits per heavy atom. The molecule has 1 aromatic heterocycles. The number of nitrogens with zero attached hydrogens (tertiary/aromatic N) is 2. The Bertz CT molecular complexity index is 226. The Hall–Kier alpha value is -1.09. The summed E-state index contributed by atoms with van der Waals surface area (Å²) in [5, 5.41) is 3.27. The van der Waals surface area contributed by atoms with Gasteiger partial charge in [-0.3, -0.25) is 0 Å². The molecule has 3 nitrogen and oxygen atoms in total. The maximum atomic E-state index is 3.95. The third-order valence-corrected chi connectivity index (χ3v) is 1.53. The zero-order valence-electron chi connectivity index (χ0n) is 7.45. The highest BCUT2D eigenvalue weighted by molar-refractivity contribution is 4.90. The lowest BCUT2D eigenvalue weighted by Gasteiger charge is -2.04. The molecule has 0 amide bonds. The van der Waals surface area contributed by atoms with Crippen LogP contribution in [0.4, 0.5) is 0 Å². The minimum Gasteiger partial charge on any atom is -0.336 e. The fraction of sp³-hybridized carbons (Fsp3) is 0.444. The highest BCUT2D eigenvalue weighted by Gasteiger charge is 1.89. The van der Waals surface area contributed by atoms with E-state index in [0.29, 0.717) is 0 Å². The molecular weight excluding hydrogens is 150 g/mol. The summed E-state index contributed by atoms with van der Waals surface area (Å²) < 4.78 is 2.05. The molecule has 1 aromatic rings. The molecule has 0 bridgehead atoms. The van der Waals surface area contributed by atoms with Gasteiger partial charge >= 0.3 is 0 Å².